The molecule has 128 valence electrons. The maximum Gasteiger partial charge on any atom is 0.407 e. The van der Waals surface area contributed by atoms with Gasteiger partial charge in [0.15, 0.2) is 0 Å². The highest BCUT2D eigenvalue weighted by molar-refractivity contribution is 5.69. The maximum atomic E-state index is 11.5. The predicted octanol–water partition coefficient (Wildman–Crippen LogP) is 2.40. The van der Waals surface area contributed by atoms with Gasteiger partial charge >= 0.3 is 12.1 Å². The molecular formula is C17H25NO5. The zero-order chi connectivity index (χ0) is 16.9. The van der Waals surface area contributed by atoms with Crippen molar-refractivity contribution < 1.29 is 24.2 Å². The molecule has 6 heteroatoms. The van der Waals surface area contributed by atoms with Gasteiger partial charge in [-0.05, 0) is 18.4 Å². The number of carbonyl (C=O) groups excluding carboxylic acids is 2. The number of amides is 1. The van der Waals surface area contributed by atoms with Crippen LogP contribution in [0.15, 0.2) is 30.3 Å². The number of rotatable bonds is 10. The summed E-state index contributed by atoms with van der Waals surface area (Å²) in [5, 5.41) is 12.3. The van der Waals surface area contributed by atoms with Crippen LogP contribution < -0.4 is 5.32 Å². The molecule has 0 aromatic heterocycles. The smallest absolute Gasteiger partial charge is 0.407 e. The second kappa shape index (κ2) is 11.5. The van der Waals surface area contributed by atoms with Crippen molar-refractivity contribution in [1.82, 2.24) is 5.32 Å². The Labute approximate surface area is 136 Å². The minimum absolute atomic E-state index is 0.0283. The van der Waals surface area contributed by atoms with Gasteiger partial charge in [0.25, 0.3) is 0 Å². The number of aliphatic hydroxyl groups is 1. The van der Waals surface area contributed by atoms with Crippen LogP contribution in [0.5, 0.6) is 0 Å². The van der Waals surface area contributed by atoms with Crippen LogP contribution in [0.2, 0.25) is 0 Å². The highest BCUT2D eigenvalue weighted by atomic mass is 16.5. The molecule has 0 saturated heterocycles. The molecule has 6 nitrogen and oxygen atoms in total. The average molecular weight is 323 g/mol. The standard InChI is InChI=1S/C17H25NO5/c1-22-16(20)12-15(19)10-6-3-7-11-18-17(21)23-13-14-8-4-2-5-9-14/h2,4-5,8-9,15,19H,3,6-7,10-13H2,1H3,(H,18,21). The first-order valence-corrected chi connectivity index (χ1v) is 7.81. The van der Waals surface area contributed by atoms with E-state index in [0.717, 1.165) is 24.8 Å². The van der Waals surface area contributed by atoms with Crippen molar-refractivity contribution >= 4 is 12.1 Å². The molecule has 0 aliphatic heterocycles. The summed E-state index contributed by atoms with van der Waals surface area (Å²) in [5.74, 6) is -0.402. The molecule has 0 heterocycles. The van der Waals surface area contributed by atoms with E-state index in [1.807, 2.05) is 30.3 Å². The third kappa shape index (κ3) is 9.52. The Morgan fingerprint density at radius 3 is 2.61 bits per heavy atom. The number of hydrogen-bond donors (Lipinski definition) is 2. The summed E-state index contributed by atoms with van der Waals surface area (Å²) >= 11 is 0. The maximum absolute atomic E-state index is 11.5. The van der Waals surface area contributed by atoms with E-state index >= 15 is 0 Å². The van der Waals surface area contributed by atoms with E-state index in [-0.39, 0.29) is 13.0 Å². The van der Waals surface area contributed by atoms with Crippen LogP contribution in [0.4, 0.5) is 4.79 Å². The summed E-state index contributed by atoms with van der Waals surface area (Å²) < 4.78 is 9.57. The van der Waals surface area contributed by atoms with Gasteiger partial charge in [0.2, 0.25) is 0 Å². The number of carbonyl (C=O) groups is 2. The van der Waals surface area contributed by atoms with Crippen molar-refractivity contribution in [2.24, 2.45) is 0 Å². The average Bonchev–Trinajstić information content (AvgIpc) is 2.56. The second-order valence-electron chi connectivity index (χ2n) is 5.27. The zero-order valence-electron chi connectivity index (χ0n) is 13.5. The van der Waals surface area contributed by atoms with Gasteiger partial charge in [-0.1, -0.05) is 43.2 Å². The Morgan fingerprint density at radius 2 is 1.91 bits per heavy atom. The molecule has 0 aliphatic carbocycles. The first kappa shape index (κ1) is 19.0. The van der Waals surface area contributed by atoms with Gasteiger partial charge in [0.1, 0.15) is 6.61 Å². The van der Waals surface area contributed by atoms with E-state index < -0.39 is 18.2 Å². The molecule has 0 aliphatic rings. The van der Waals surface area contributed by atoms with Crippen LogP contribution in [0.25, 0.3) is 0 Å². The summed E-state index contributed by atoms with van der Waals surface area (Å²) in [6.45, 7) is 0.785. The lowest BCUT2D eigenvalue weighted by Gasteiger charge is -2.09. The second-order valence-corrected chi connectivity index (χ2v) is 5.27. The normalized spacial score (nSPS) is 11.6. The third-order valence-corrected chi connectivity index (χ3v) is 3.33. The Morgan fingerprint density at radius 1 is 1.17 bits per heavy atom. The van der Waals surface area contributed by atoms with E-state index in [4.69, 9.17) is 4.74 Å². The Hall–Kier alpha value is -2.08. The monoisotopic (exact) mass is 323 g/mol. The number of hydrogen-bond acceptors (Lipinski definition) is 5. The summed E-state index contributed by atoms with van der Waals surface area (Å²) in [6, 6.07) is 9.49. The minimum atomic E-state index is -0.661. The fraction of sp³-hybridized carbons (Fsp3) is 0.529. The van der Waals surface area contributed by atoms with E-state index in [9.17, 15) is 14.7 Å². The molecular weight excluding hydrogens is 298 g/mol. The zero-order valence-corrected chi connectivity index (χ0v) is 13.5. The molecule has 1 aromatic carbocycles. The lowest BCUT2D eigenvalue weighted by molar-refractivity contribution is -0.142. The van der Waals surface area contributed by atoms with Crippen molar-refractivity contribution in [3.8, 4) is 0 Å². The van der Waals surface area contributed by atoms with Crippen LogP contribution in [-0.4, -0.2) is 36.9 Å². The summed E-state index contributed by atoms with van der Waals surface area (Å²) in [4.78, 5) is 22.4. The van der Waals surface area contributed by atoms with Gasteiger partial charge < -0.3 is 19.9 Å². The Kier molecular flexibility index (Phi) is 9.47. The van der Waals surface area contributed by atoms with E-state index in [1.165, 1.54) is 7.11 Å². The first-order chi connectivity index (χ1) is 11.1. The highest BCUT2D eigenvalue weighted by Gasteiger charge is 2.10. The van der Waals surface area contributed by atoms with Gasteiger partial charge in [0, 0.05) is 6.54 Å². The van der Waals surface area contributed by atoms with E-state index in [1.54, 1.807) is 0 Å². The van der Waals surface area contributed by atoms with Gasteiger partial charge in [-0.15, -0.1) is 0 Å². The van der Waals surface area contributed by atoms with Crippen molar-refractivity contribution in [1.29, 1.82) is 0 Å². The number of alkyl carbamates (subject to hydrolysis) is 1. The van der Waals surface area contributed by atoms with Gasteiger partial charge in [0.05, 0.1) is 19.6 Å². The van der Waals surface area contributed by atoms with E-state index in [0.29, 0.717) is 13.0 Å². The lowest BCUT2D eigenvalue weighted by atomic mass is 10.1. The largest absolute Gasteiger partial charge is 0.469 e. The van der Waals surface area contributed by atoms with Crippen LogP contribution >= 0.6 is 0 Å². The Balaban J connectivity index is 1.98. The number of ether oxygens (including phenoxy) is 2. The van der Waals surface area contributed by atoms with Crippen LogP contribution in [0, 0.1) is 0 Å². The molecule has 1 atom stereocenters. The summed E-state index contributed by atoms with van der Waals surface area (Å²) in [5.41, 5.74) is 0.947. The summed E-state index contributed by atoms with van der Waals surface area (Å²) in [7, 11) is 1.30. The van der Waals surface area contributed by atoms with Crippen LogP contribution in [0.3, 0.4) is 0 Å². The quantitative estimate of drug-likeness (QED) is 0.510. The molecule has 2 N–H and O–H groups in total. The number of esters is 1. The van der Waals surface area contributed by atoms with Gasteiger partial charge in [-0.3, -0.25) is 4.79 Å². The molecule has 0 saturated carbocycles. The number of unbranched alkanes of at least 4 members (excludes halogenated alkanes) is 2. The van der Waals surface area contributed by atoms with Crippen molar-refractivity contribution in [2.75, 3.05) is 13.7 Å². The molecule has 1 rings (SSSR count). The van der Waals surface area contributed by atoms with Gasteiger partial charge in [-0.25, -0.2) is 4.79 Å². The molecule has 1 unspecified atom stereocenters. The van der Waals surface area contributed by atoms with Crippen LogP contribution in [-0.2, 0) is 20.9 Å². The fourth-order valence-corrected chi connectivity index (χ4v) is 2.02. The predicted molar refractivity (Wildman–Crippen MR) is 85.7 cm³/mol. The summed E-state index contributed by atoms with van der Waals surface area (Å²) in [6.07, 6.45) is 1.93. The fourth-order valence-electron chi connectivity index (χ4n) is 2.02. The molecule has 1 amide bonds. The number of aliphatic hydroxyl groups excluding tert-OH is 1. The van der Waals surface area contributed by atoms with Crippen molar-refractivity contribution in [3.63, 3.8) is 0 Å². The van der Waals surface area contributed by atoms with E-state index in [2.05, 4.69) is 10.1 Å². The third-order valence-electron chi connectivity index (χ3n) is 3.33. The topological polar surface area (TPSA) is 84.9 Å². The molecule has 1 aromatic rings. The number of methoxy groups -OCH3 is 1. The lowest BCUT2D eigenvalue weighted by Crippen LogP contribution is -2.25. The molecule has 0 radical (unpaired) electrons. The van der Waals surface area contributed by atoms with Crippen molar-refractivity contribution in [3.05, 3.63) is 35.9 Å². The molecule has 0 bridgehead atoms. The van der Waals surface area contributed by atoms with Crippen molar-refractivity contribution in [2.45, 2.75) is 44.8 Å². The molecule has 23 heavy (non-hydrogen) atoms. The number of nitrogens with one attached hydrogen (secondary N) is 1. The minimum Gasteiger partial charge on any atom is -0.469 e. The SMILES string of the molecule is COC(=O)CC(O)CCCCCNC(=O)OCc1ccccc1. The van der Waals surface area contributed by atoms with Gasteiger partial charge in [-0.2, -0.15) is 0 Å². The first-order valence-electron chi connectivity index (χ1n) is 7.81. The molecule has 0 fully saturated rings. The Bertz CT molecular complexity index is 463. The highest BCUT2D eigenvalue weighted by Crippen LogP contribution is 2.07. The molecule has 0 spiro atoms. The number of benzene rings is 1. The van der Waals surface area contributed by atoms with Crippen LogP contribution in [0.1, 0.15) is 37.7 Å².